The van der Waals surface area contributed by atoms with E-state index in [1.807, 2.05) is 0 Å². The van der Waals surface area contributed by atoms with E-state index in [9.17, 15) is 0 Å². The summed E-state index contributed by atoms with van der Waals surface area (Å²) in [6, 6.07) is 0. The van der Waals surface area contributed by atoms with Crippen LogP contribution in [-0.4, -0.2) is 17.2 Å². The van der Waals surface area contributed by atoms with Gasteiger partial charge in [0.05, 0.1) is 0 Å². The van der Waals surface area contributed by atoms with Crippen LogP contribution in [0, 0.1) is 0 Å². The maximum absolute atomic E-state index is 8.38. The Hall–Kier alpha value is -0.185. The molecule has 44 valence electrons. The summed E-state index contributed by atoms with van der Waals surface area (Å²) in [7, 11) is -1.45. The highest BCUT2D eigenvalue weighted by Gasteiger charge is 2.08. The second kappa shape index (κ2) is 3.77. The highest BCUT2D eigenvalue weighted by molar-refractivity contribution is 7.83. The summed E-state index contributed by atoms with van der Waals surface area (Å²) in [6.07, 6.45) is 1.33. The Bertz CT molecular complexity index is 111. The lowest BCUT2D eigenvalue weighted by molar-refractivity contribution is 0.421. The first-order valence-electron chi connectivity index (χ1n) is 2.05. The van der Waals surface area contributed by atoms with Crippen LogP contribution < -0.4 is 0 Å². The Morgan fingerprint density at radius 2 is 2.12 bits per heavy atom. The molecule has 0 saturated carbocycles. The second-order valence-electron chi connectivity index (χ2n) is 1.21. The molecular formula is C4H7BO2S. The first-order chi connectivity index (χ1) is 3.72. The smallest absolute Gasteiger partial charge is 0.423 e. The van der Waals surface area contributed by atoms with Crippen LogP contribution in [0.25, 0.3) is 0 Å². The van der Waals surface area contributed by atoms with Crippen molar-refractivity contribution in [3.63, 3.8) is 0 Å². The zero-order valence-electron chi connectivity index (χ0n) is 4.28. The Labute approximate surface area is 54.1 Å². The minimum atomic E-state index is -1.45. The van der Waals surface area contributed by atoms with Gasteiger partial charge >= 0.3 is 7.12 Å². The third-order valence-electron chi connectivity index (χ3n) is 0.683. The Morgan fingerprint density at radius 1 is 1.62 bits per heavy atom. The van der Waals surface area contributed by atoms with Crippen molar-refractivity contribution in [1.82, 2.24) is 0 Å². The fourth-order valence-corrected chi connectivity index (χ4v) is 0.464. The van der Waals surface area contributed by atoms with E-state index < -0.39 is 7.12 Å². The van der Waals surface area contributed by atoms with Crippen molar-refractivity contribution in [3.8, 4) is 0 Å². The Balaban J connectivity index is 3.91. The first kappa shape index (κ1) is 7.81. The monoisotopic (exact) mass is 130 g/mol. The van der Waals surface area contributed by atoms with Gasteiger partial charge in [-0.2, -0.15) is 12.6 Å². The molecule has 0 unspecified atom stereocenters. The van der Waals surface area contributed by atoms with E-state index in [0.29, 0.717) is 5.47 Å². The van der Waals surface area contributed by atoms with Gasteiger partial charge in [-0.05, 0) is 10.9 Å². The fraction of sp³-hybridized carbons (Fsp3) is 0. The van der Waals surface area contributed by atoms with Crippen LogP contribution >= 0.6 is 12.6 Å². The molecule has 0 aliphatic rings. The summed E-state index contributed by atoms with van der Waals surface area (Å²) in [4.78, 5) is 0. The van der Waals surface area contributed by atoms with E-state index in [2.05, 4.69) is 19.2 Å². The number of hydrogen-bond acceptors (Lipinski definition) is 3. The predicted molar refractivity (Wildman–Crippen MR) is 37.5 cm³/mol. The number of thiol groups is 1. The van der Waals surface area contributed by atoms with Crippen molar-refractivity contribution in [2.45, 2.75) is 0 Å². The lowest BCUT2D eigenvalue weighted by Crippen LogP contribution is -2.12. The summed E-state index contributed by atoms with van der Waals surface area (Å²) in [5.41, 5.74) is 0.299. The molecule has 0 fully saturated rings. The van der Waals surface area contributed by atoms with E-state index >= 15 is 0 Å². The van der Waals surface area contributed by atoms with Gasteiger partial charge in [-0.25, -0.2) is 0 Å². The van der Waals surface area contributed by atoms with E-state index in [1.54, 1.807) is 0 Å². The summed E-state index contributed by atoms with van der Waals surface area (Å²) in [6.45, 7) is 3.32. The molecule has 0 aliphatic carbocycles. The lowest BCUT2D eigenvalue weighted by Gasteiger charge is -1.93. The molecule has 0 rings (SSSR count). The molecule has 0 aromatic rings. The number of rotatable bonds is 2. The topological polar surface area (TPSA) is 40.5 Å². The molecule has 0 heterocycles. The normalized spacial score (nSPS) is 11.1. The first-order valence-corrected chi connectivity index (χ1v) is 2.57. The molecule has 0 aromatic carbocycles. The van der Waals surface area contributed by atoms with E-state index in [0.717, 1.165) is 0 Å². The van der Waals surface area contributed by atoms with E-state index in [-0.39, 0.29) is 0 Å². The van der Waals surface area contributed by atoms with Crippen molar-refractivity contribution < 1.29 is 10.0 Å². The van der Waals surface area contributed by atoms with Gasteiger partial charge in [0.2, 0.25) is 0 Å². The third kappa shape index (κ3) is 2.21. The molecule has 2 nitrogen and oxygen atoms in total. The van der Waals surface area contributed by atoms with Crippen LogP contribution in [0.2, 0.25) is 0 Å². The van der Waals surface area contributed by atoms with Crippen molar-refractivity contribution in [2.75, 3.05) is 0 Å². The minimum absolute atomic E-state index is 0.299. The maximum Gasteiger partial charge on any atom is 0.488 e. The van der Waals surface area contributed by atoms with E-state index in [1.165, 1.54) is 11.5 Å². The summed E-state index contributed by atoms with van der Waals surface area (Å²) >= 11 is 3.68. The summed E-state index contributed by atoms with van der Waals surface area (Å²) in [5, 5.41) is 18.0. The molecule has 4 heteroatoms. The third-order valence-corrected chi connectivity index (χ3v) is 0.981. The zero-order chi connectivity index (χ0) is 6.57. The van der Waals surface area contributed by atoms with Crippen molar-refractivity contribution in [2.24, 2.45) is 0 Å². The van der Waals surface area contributed by atoms with Crippen molar-refractivity contribution in [3.05, 3.63) is 23.5 Å². The molecule has 0 radical (unpaired) electrons. The van der Waals surface area contributed by atoms with Gasteiger partial charge < -0.3 is 10.0 Å². The van der Waals surface area contributed by atoms with Gasteiger partial charge in [0.1, 0.15) is 0 Å². The average molecular weight is 130 g/mol. The van der Waals surface area contributed by atoms with Gasteiger partial charge in [0.25, 0.3) is 0 Å². The van der Waals surface area contributed by atoms with Gasteiger partial charge in [-0.1, -0.05) is 12.7 Å². The Kier molecular flexibility index (Phi) is 3.69. The SMILES string of the molecule is C=C/C(=C\S)B(O)O. The van der Waals surface area contributed by atoms with Gasteiger partial charge in [-0.3, -0.25) is 0 Å². The van der Waals surface area contributed by atoms with Crippen molar-refractivity contribution >= 4 is 19.7 Å². The number of hydrogen-bond donors (Lipinski definition) is 3. The fourth-order valence-electron chi connectivity index (χ4n) is 0.225. The van der Waals surface area contributed by atoms with Crippen LogP contribution in [0.15, 0.2) is 23.5 Å². The molecule has 0 spiro atoms. The highest BCUT2D eigenvalue weighted by Crippen LogP contribution is 1.97. The molecule has 0 amide bonds. The summed E-state index contributed by atoms with van der Waals surface area (Å²) in [5.74, 6) is 0. The van der Waals surface area contributed by atoms with Crippen LogP contribution in [0.3, 0.4) is 0 Å². The van der Waals surface area contributed by atoms with Crippen LogP contribution in [-0.2, 0) is 0 Å². The molecule has 0 atom stereocenters. The summed E-state index contributed by atoms with van der Waals surface area (Å²) < 4.78 is 0. The minimum Gasteiger partial charge on any atom is -0.423 e. The molecule has 0 aromatic heterocycles. The van der Waals surface area contributed by atoms with Gasteiger partial charge in [0, 0.05) is 0 Å². The quantitative estimate of drug-likeness (QED) is 0.279. The second-order valence-corrected chi connectivity index (χ2v) is 1.47. The highest BCUT2D eigenvalue weighted by atomic mass is 32.1. The lowest BCUT2D eigenvalue weighted by atomic mass is 9.81. The molecule has 0 bridgehead atoms. The molecule has 8 heavy (non-hydrogen) atoms. The maximum atomic E-state index is 8.38. The molecular weight excluding hydrogens is 123 g/mol. The molecule has 2 N–H and O–H groups in total. The predicted octanol–water partition coefficient (Wildman–Crippen LogP) is -0.00190. The average Bonchev–Trinajstić information content (AvgIpc) is 1.69. The van der Waals surface area contributed by atoms with E-state index in [4.69, 9.17) is 10.0 Å². The van der Waals surface area contributed by atoms with Crippen molar-refractivity contribution in [1.29, 1.82) is 0 Å². The molecule has 0 aliphatic heterocycles. The number of allylic oxidation sites excluding steroid dienone is 2. The largest absolute Gasteiger partial charge is 0.488 e. The van der Waals surface area contributed by atoms with Crippen LogP contribution in [0.1, 0.15) is 0 Å². The van der Waals surface area contributed by atoms with Crippen LogP contribution in [0.4, 0.5) is 0 Å². The Morgan fingerprint density at radius 3 is 2.12 bits per heavy atom. The van der Waals surface area contributed by atoms with Gasteiger partial charge in [0.15, 0.2) is 0 Å². The standard InChI is InChI=1S/C4H7BO2S/c1-2-4(3-8)5(6)7/h2-3,6-8H,1H2/b4-3+. The zero-order valence-corrected chi connectivity index (χ0v) is 5.18. The molecule has 0 saturated heterocycles. The van der Waals surface area contributed by atoms with Crippen LogP contribution in [0.5, 0.6) is 0 Å². The van der Waals surface area contributed by atoms with Gasteiger partial charge in [-0.15, -0.1) is 0 Å².